The van der Waals surface area contributed by atoms with Gasteiger partial charge in [0, 0.05) is 5.56 Å². The summed E-state index contributed by atoms with van der Waals surface area (Å²) in [5, 5.41) is 9.15. The molecule has 0 aromatic heterocycles. The van der Waals surface area contributed by atoms with Crippen molar-refractivity contribution in [2.75, 3.05) is 7.11 Å². The molecule has 0 bridgehead atoms. The highest BCUT2D eigenvalue weighted by atomic mass is 28.4. The van der Waals surface area contributed by atoms with Gasteiger partial charge in [0.1, 0.15) is 5.75 Å². The van der Waals surface area contributed by atoms with Crippen LogP contribution in [0.5, 0.6) is 5.75 Å². The molecule has 1 aromatic rings. The average molecular weight is 235 g/mol. The number of benzene rings is 1. The highest BCUT2D eigenvalue weighted by molar-refractivity contribution is 6.69. The van der Waals surface area contributed by atoms with Gasteiger partial charge in [0.05, 0.1) is 13.2 Å². The van der Waals surface area contributed by atoms with Crippen LogP contribution >= 0.6 is 0 Å². The van der Waals surface area contributed by atoms with Crippen LogP contribution in [0.4, 0.5) is 0 Å². The molecule has 0 saturated carbocycles. The molecular weight excluding hydrogens is 218 g/mol. The van der Waals surface area contributed by atoms with E-state index in [-0.39, 0.29) is 0 Å². The van der Waals surface area contributed by atoms with Gasteiger partial charge in [0.2, 0.25) is 0 Å². The Labute approximate surface area is 97.7 Å². The van der Waals surface area contributed by atoms with Crippen molar-refractivity contribution in [3.05, 3.63) is 29.8 Å². The molecule has 0 heterocycles. The second-order valence-corrected chi connectivity index (χ2v) is 8.94. The largest absolute Gasteiger partial charge is 0.496 e. The summed E-state index contributed by atoms with van der Waals surface area (Å²) in [5.41, 5.74) is 0.801. The van der Waals surface area contributed by atoms with Gasteiger partial charge in [0.15, 0.2) is 14.4 Å². The Hall–Kier alpha value is -1.31. The molecule has 0 fully saturated rings. The van der Waals surface area contributed by atoms with E-state index in [1.54, 1.807) is 7.11 Å². The summed E-state index contributed by atoms with van der Waals surface area (Å²) in [6, 6.07) is 9.66. The van der Waals surface area contributed by atoms with Gasteiger partial charge in [-0.2, -0.15) is 5.26 Å². The zero-order valence-electron chi connectivity index (χ0n) is 10.2. The Balaban J connectivity index is 3.01. The number of hydrogen-bond donors (Lipinski definition) is 0. The van der Waals surface area contributed by atoms with E-state index in [2.05, 4.69) is 25.7 Å². The van der Waals surface area contributed by atoms with Crippen molar-refractivity contribution >= 4 is 8.32 Å². The first-order valence-electron chi connectivity index (χ1n) is 5.18. The van der Waals surface area contributed by atoms with Crippen molar-refractivity contribution in [1.29, 1.82) is 5.26 Å². The van der Waals surface area contributed by atoms with Crippen molar-refractivity contribution in [2.24, 2.45) is 0 Å². The number of ether oxygens (including phenoxy) is 1. The first-order chi connectivity index (χ1) is 7.48. The smallest absolute Gasteiger partial charge is 0.186 e. The van der Waals surface area contributed by atoms with Gasteiger partial charge >= 0.3 is 0 Å². The average Bonchev–Trinajstić information content (AvgIpc) is 2.24. The molecule has 0 aliphatic heterocycles. The third-order valence-corrected chi connectivity index (χ3v) is 2.95. The molecule has 0 aliphatic carbocycles. The van der Waals surface area contributed by atoms with E-state index in [0.717, 1.165) is 5.56 Å². The minimum atomic E-state index is -1.74. The summed E-state index contributed by atoms with van der Waals surface area (Å²) in [6.07, 6.45) is -0.539. The predicted octanol–water partition coefficient (Wildman–Crippen LogP) is 3.11. The second kappa shape index (κ2) is 5.15. The van der Waals surface area contributed by atoms with E-state index in [1.807, 2.05) is 24.3 Å². The van der Waals surface area contributed by atoms with E-state index in [0.29, 0.717) is 5.75 Å². The monoisotopic (exact) mass is 235 g/mol. The maximum atomic E-state index is 9.15. The number of nitriles is 1. The lowest BCUT2D eigenvalue weighted by molar-refractivity contribution is 0.248. The van der Waals surface area contributed by atoms with Crippen LogP contribution in [0, 0.1) is 11.3 Å². The summed E-state index contributed by atoms with van der Waals surface area (Å²) in [7, 11) is -0.139. The minimum absolute atomic E-state index is 0.539. The van der Waals surface area contributed by atoms with E-state index >= 15 is 0 Å². The molecule has 0 amide bonds. The summed E-state index contributed by atoms with van der Waals surface area (Å²) in [4.78, 5) is 0. The number of methoxy groups -OCH3 is 1. The molecule has 1 rings (SSSR count). The maximum absolute atomic E-state index is 9.15. The molecule has 0 spiro atoms. The van der Waals surface area contributed by atoms with Gasteiger partial charge in [-0.1, -0.05) is 18.2 Å². The first-order valence-corrected chi connectivity index (χ1v) is 8.59. The molecule has 4 heteroatoms. The Morgan fingerprint density at radius 3 is 2.38 bits per heavy atom. The fourth-order valence-electron chi connectivity index (χ4n) is 1.40. The normalized spacial score (nSPS) is 12.9. The lowest BCUT2D eigenvalue weighted by atomic mass is 10.1. The van der Waals surface area contributed by atoms with Gasteiger partial charge < -0.3 is 9.16 Å². The second-order valence-electron chi connectivity index (χ2n) is 4.48. The molecule has 0 radical (unpaired) electrons. The summed E-state index contributed by atoms with van der Waals surface area (Å²) in [6.45, 7) is 6.19. The lowest BCUT2D eigenvalue weighted by Gasteiger charge is -2.22. The van der Waals surface area contributed by atoms with E-state index in [1.165, 1.54) is 0 Å². The summed E-state index contributed by atoms with van der Waals surface area (Å²) < 4.78 is 11.0. The molecular formula is C12H17NO2Si. The van der Waals surface area contributed by atoms with Crippen molar-refractivity contribution < 1.29 is 9.16 Å². The topological polar surface area (TPSA) is 42.2 Å². The molecule has 1 atom stereocenters. The zero-order valence-corrected chi connectivity index (χ0v) is 11.2. The van der Waals surface area contributed by atoms with Crippen LogP contribution in [-0.2, 0) is 4.43 Å². The zero-order chi connectivity index (χ0) is 12.2. The number of nitrogens with zero attached hydrogens (tertiary/aromatic N) is 1. The Bertz CT molecular complexity index is 393. The number of rotatable bonds is 4. The quantitative estimate of drug-likeness (QED) is 0.753. The fraction of sp³-hybridized carbons (Fsp3) is 0.417. The molecule has 0 aliphatic rings. The maximum Gasteiger partial charge on any atom is 0.186 e. The number of hydrogen-bond acceptors (Lipinski definition) is 3. The Morgan fingerprint density at radius 1 is 1.25 bits per heavy atom. The van der Waals surface area contributed by atoms with Gasteiger partial charge in [-0.15, -0.1) is 0 Å². The van der Waals surface area contributed by atoms with Crippen LogP contribution in [0.15, 0.2) is 24.3 Å². The van der Waals surface area contributed by atoms with Crippen LogP contribution in [0.25, 0.3) is 0 Å². The van der Waals surface area contributed by atoms with Crippen molar-refractivity contribution in [1.82, 2.24) is 0 Å². The number of para-hydroxylation sites is 1. The van der Waals surface area contributed by atoms with Gasteiger partial charge in [-0.3, -0.25) is 0 Å². The van der Waals surface area contributed by atoms with Crippen molar-refractivity contribution in [3.63, 3.8) is 0 Å². The van der Waals surface area contributed by atoms with Gasteiger partial charge in [0.25, 0.3) is 0 Å². The van der Waals surface area contributed by atoms with Crippen molar-refractivity contribution in [2.45, 2.75) is 25.7 Å². The van der Waals surface area contributed by atoms with E-state index < -0.39 is 14.4 Å². The molecule has 0 saturated heterocycles. The fourth-order valence-corrected chi connectivity index (χ4v) is 2.28. The predicted molar refractivity (Wildman–Crippen MR) is 65.8 cm³/mol. The van der Waals surface area contributed by atoms with Crippen LogP contribution in [-0.4, -0.2) is 15.4 Å². The lowest BCUT2D eigenvalue weighted by Crippen LogP contribution is -2.27. The molecule has 16 heavy (non-hydrogen) atoms. The molecule has 3 nitrogen and oxygen atoms in total. The van der Waals surface area contributed by atoms with E-state index in [4.69, 9.17) is 14.4 Å². The first kappa shape index (κ1) is 12.8. The Morgan fingerprint density at radius 2 is 1.88 bits per heavy atom. The standard InChI is InChI=1S/C12H17NO2Si/c1-14-11-8-6-5-7-10(11)12(9-13)15-16(2,3)4/h5-8,12H,1-4H3. The summed E-state index contributed by atoms with van der Waals surface area (Å²) in [5.74, 6) is 0.701. The third kappa shape index (κ3) is 3.37. The highest BCUT2D eigenvalue weighted by Crippen LogP contribution is 2.29. The third-order valence-electron chi connectivity index (χ3n) is 2.01. The van der Waals surface area contributed by atoms with E-state index in [9.17, 15) is 0 Å². The van der Waals surface area contributed by atoms with Crippen molar-refractivity contribution in [3.8, 4) is 11.8 Å². The molecule has 1 aromatic carbocycles. The summed E-state index contributed by atoms with van der Waals surface area (Å²) >= 11 is 0. The molecule has 0 N–H and O–H groups in total. The highest BCUT2D eigenvalue weighted by Gasteiger charge is 2.24. The van der Waals surface area contributed by atoms with Crippen LogP contribution in [0.2, 0.25) is 19.6 Å². The van der Waals surface area contributed by atoms with Crippen LogP contribution in [0.3, 0.4) is 0 Å². The van der Waals surface area contributed by atoms with Crippen LogP contribution < -0.4 is 4.74 Å². The SMILES string of the molecule is COc1ccccc1C(C#N)O[Si](C)(C)C. The Kier molecular flexibility index (Phi) is 4.10. The van der Waals surface area contributed by atoms with Gasteiger partial charge in [-0.05, 0) is 25.7 Å². The minimum Gasteiger partial charge on any atom is -0.496 e. The van der Waals surface area contributed by atoms with Gasteiger partial charge in [-0.25, -0.2) is 0 Å². The van der Waals surface area contributed by atoms with Crippen LogP contribution in [0.1, 0.15) is 11.7 Å². The molecule has 86 valence electrons. The molecule has 1 unspecified atom stereocenters.